The van der Waals surface area contributed by atoms with E-state index in [4.69, 9.17) is 0 Å². The van der Waals surface area contributed by atoms with Crippen molar-refractivity contribution in [3.05, 3.63) is 59.7 Å². The predicted octanol–water partition coefficient (Wildman–Crippen LogP) is 5.26. The van der Waals surface area contributed by atoms with E-state index < -0.39 is 0 Å². The Morgan fingerprint density at radius 2 is 2.06 bits per heavy atom. The number of benzene rings is 1. The van der Waals surface area contributed by atoms with Gasteiger partial charge in [-0.25, -0.2) is 0 Å². The van der Waals surface area contributed by atoms with Crippen LogP contribution >= 0.6 is 0 Å². The minimum atomic E-state index is 0.565. The van der Waals surface area contributed by atoms with Gasteiger partial charge in [0.25, 0.3) is 0 Å². The SMILES string of the molecule is C=CCc1ccc(C)cc1CC(C)C(=C)CCC. The average molecular weight is 242 g/mol. The standard InChI is InChI=1S/C18H26/c1-6-8-15(4)16(5)13-18-12-14(3)10-11-17(18)9-7-2/h7,10-12,16H,2,4,6,8-9,13H2,1,3,5H3. The first kappa shape index (κ1) is 14.8. The van der Waals surface area contributed by atoms with Crippen molar-refractivity contribution in [1.82, 2.24) is 0 Å². The zero-order valence-electron chi connectivity index (χ0n) is 12.1. The zero-order chi connectivity index (χ0) is 13.5. The minimum absolute atomic E-state index is 0.565. The minimum Gasteiger partial charge on any atom is -0.103 e. The molecular weight excluding hydrogens is 216 g/mol. The molecule has 0 aliphatic heterocycles. The van der Waals surface area contributed by atoms with Crippen molar-refractivity contribution in [2.75, 3.05) is 0 Å². The van der Waals surface area contributed by atoms with E-state index in [-0.39, 0.29) is 0 Å². The third kappa shape index (κ3) is 4.18. The Balaban J connectivity index is 2.84. The fraction of sp³-hybridized carbons (Fsp3) is 0.444. The molecule has 1 unspecified atom stereocenters. The van der Waals surface area contributed by atoms with Crippen LogP contribution in [-0.2, 0) is 12.8 Å². The summed E-state index contributed by atoms with van der Waals surface area (Å²) in [7, 11) is 0. The Morgan fingerprint density at radius 1 is 1.33 bits per heavy atom. The molecule has 0 spiro atoms. The molecule has 0 bridgehead atoms. The van der Waals surface area contributed by atoms with Gasteiger partial charge in [-0.05, 0) is 43.2 Å². The van der Waals surface area contributed by atoms with Crippen LogP contribution in [0.4, 0.5) is 0 Å². The maximum absolute atomic E-state index is 4.22. The van der Waals surface area contributed by atoms with Crippen LogP contribution in [0.25, 0.3) is 0 Å². The second-order valence-corrected chi connectivity index (χ2v) is 5.28. The predicted molar refractivity (Wildman–Crippen MR) is 82.0 cm³/mol. The highest BCUT2D eigenvalue weighted by Crippen LogP contribution is 2.22. The quantitative estimate of drug-likeness (QED) is 0.572. The van der Waals surface area contributed by atoms with Crippen molar-refractivity contribution in [3.63, 3.8) is 0 Å². The largest absolute Gasteiger partial charge is 0.103 e. The van der Waals surface area contributed by atoms with E-state index >= 15 is 0 Å². The van der Waals surface area contributed by atoms with E-state index in [1.54, 1.807) is 0 Å². The van der Waals surface area contributed by atoms with Crippen LogP contribution in [0, 0.1) is 12.8 Å². The maximum Gasteiger partial charge on any atom is -0.00974 e. The van der Waals surface area contributed by atoms with Crippen LogP contribution in [0.2, 0.25) is 0 Å². The molecule has 18 heavy (non-hydrogen) atoms. The second kappa shape index (κ2) is 7.20. The maximum atomic E-state index is 4.22. The smallest absolute Gasteiger partial charge is 0.00974 e. The highest BCUT2D eigenvalue weighted by Gasteiger charge is 2.10. The first-order valence-corrected chi connectivity index (χ1v) is 6.95. The Bertz CT molecular complexity index is 412. The van der Waals surface area contributed by atoms with Crippen molar-refractivity contribution < 1.29 is 0 Å². The summed E-state index contributed by atoms with van der Waals surface area (Å²) in [4.78, 5) is 0. The molecule has 0 amide bonds. The van der Waals surface area contributed by atoms with E-state index in [0.717, 1.165) is 19.3 Å². The molecule has 1 aromatic rings. The lowest BCUT2D eigenvalue weighted by molar-refractivity contribution is 0.636. The molecular formula is C18H26. The molecule has 0 N–H and O–H groups in total. The Hall–Kier alpha value is -1.30. The van der Waals surface area contributed by atoms with Gasteiger partial charge >= 0.3 is 0 Å². The molecule has 0 heteroatoms. The van der Waals surface area contributed by atoms with E-state index in [0.29, 0.717) is 5.92 Å². The number of hydrogen-bond acceptors (Lipinski definition) is 0. The molecule has 0 radical (unpaired) electrons. The molecule has 0 aliphatic carbocycles. The van der Waals surface area contributed by atoms with Crippen LogP contribution < -0.4 is 0 Å². The summed E-state index contributed by atoms with van der Waals surface area (Å²) in [5.74, 6) is 0.565. The van der Waals surface area contributed by atoms with Gasteiger partial charge in [-0.15, -0.1) is 6.58 Å². The fourth-order valence-corrected chi connectivity index (χ4v) is 2.34. The molecule has 0 fully saturated rings. The Kier molecular flexibility index (Phi) is 5.91. The van der Waals surface area contributed by atoms with Gasteiger partial charge in [-0.1, -0.05) is 62.3 Å². The molecule has 0 saturated heterocycles. The molecule has 0 nitrogen and oxygen atoms in total. The van der Waals surface area contributed by atoms with Crippen LogP contribution in [0.15, 0.2) is 43.0 Å². The third-order valence-electron chi connectivity index (χ3n) is 3.52. The van der Waals surface area contributed by atoms with Crippen LogP contribution in [0.3, 0.4) is 0 Å². The fourth-order valence-electron chi connectivity index (χ4n) is 2.34. The first-order valence-electron chi connectivity index (χ1n) is 6.95. The number of allylic oxidation sites excluding steroid dienone is 2. The molecule has 0 heterocycles. The number of rotatable bonds is 7. The third-order valence-corrected chi connectivity index (χ3v) is 3.52. The Labute approximate surface area is 112 Å². The van der Waals surface area contributed by atoms with Crippen molar-refractivity contribution in [2.45, 2.75) is 46.5 Å². The lowest BCUT2D eigenvalue weighted by Crippen LogP contribution is -2.05. The van der Waals surface area contributed by atoms with Gasteiger partial charge in [0.15, 0.2) is 0 Å². The summed E-state index contributed by atoms with van der Waals surface area (Å²) in [5, 5.41) is 0. The molecule has 1 atom stereocenters. The van der Waals surface area contributed by atoms with Crippen molar-refractivity contribution in [1.29, 1.82) is 0 Å². The molecule has 0 saturated carbocycles. The van der Waals surface area contributed by atoms with Crippen molar-refractivity contribution >= 4 is 0 Å². The number of aryl methyl sites for hydroxylation is 1. The van der Waals surface area contributed by atoms with Gasteiger partial charge in [0.1, 0.15) is 0 Å². The zero-order valence-corrected chi connectivity index (χ0v) is 12.1. The van der Waals surface area contributed by atoms with Gasteiger partial charge in [0, 0.05) is 0 Å². The summed E-state index contributed by atoms with van der Waals surface area (Å²) in [5.41, 5.74) is 5.58. The monoisotopic (exact) mass is 242 g/mol. The van der Waals surface area contributed by atoms with Gasteiger partial charge in [0.2, 0.25) is 0 Å². The highest BCUT2D eigenvalue weighted by molar-refractivity contribution is 5.33. The van der Waals surface area contributed by atoms with Gasteiger partial charge in [-0.2, -0.15) is 0 Å². The first-order chi connectivity index (χ1) is 8.58. The summed E-state index contributed by atoms with van der Waals surface area (Å²) in [6, 6.07) is 6.74. The van der Waals surface area contributed by atoms with E-state index in [1.165, 1.54) is 28.7 Å². The second-order valence-electron chi connectivity index (χ2n) is 5.28. The van der Waals surface area contributed by atoms with Gasteiger partial charge in [0.05, 0.1) is 0 Å². The molecule has 1 rings (SSSR count). The van der Waals surface area contributed by atoms with Gasteiger partial charge in [-0.3, -0.25) is 0 Å². The van der Waals surface area contributed by atoms with Crippen LogP contribution in [0.5, 0.6) is 0 Å². The average Bonchev–Trinajstić information content (AvgIpc) is 2.33. The molecule has 0 aliphatic rings. The highest BCUT2D eigenvalue weighted by atomic mass is 14.1. The van der Waals surface area contributed by atoms with E-state index in [2.05, 4.69) is 52.1 Å². The summed E-state index contributed by atoms with van der Waals surface area (Å²) in [6.45, 7) is 14.7. The van der Waals surface area contributed by atoms with Crippen molar-refractivity contribution in [2.24, 2.45) is 5.92 Å². The summed E-state index contributed by atoms with van der Waals surface area (Å²) < 4.78 is 0. The lowest BCUT2D eigenvalue weighted by Gasteiger charge is -2.17. The normalized spacial score (nSPS) is 12.2. The van der Waals surface area contributed by atoms with Crippen molar-refractivity contribution in [3.8, 4) is 0 Å². The van der Waals surface area contributed by atoms with Crippen LogP contribution in [-0.4, -0.2) is 0 Å². The number of hydrogen-bond donors (Lipinski definition) is 0. The Morgan fingerprint density at radius 3 is 2.67 bits per heavy atom. The topological polar surface area (TPSA) is 0 Å². The van der Waals surface area contributed by atoms with E-state index in [1.807, 2.05) is 6.08 Å². The molecule has 1 aromatic carbocycles. The van der Waals surface area contributed by atoms with Crippen LogP contribution in [0.1, 0.15) is 43.4 Å². The molecule has 0 aromatic heterocycles. The summed E-state index contributed by atoms with van der Waals surface area (Å²) in [6.07, 6.45) is 6.38. The lowest BCUT2D eigenvalue weighted by atomic mass is 9.88. The van der Waals surface area contributed by atoms with E-state index in [9.17, 15) is 0 Å². The molecule has 98 valence electrons. The van der Waals surface area contributed by atoms with Gasteiger partial charge < -0.3 is 0 Å². The summed E-state index contributed by atoms with van der Waals surface area (Å²) >= 11 is 0.